The van der Waals surface area contributed by atoms with Gasteiger partial charge in [-0.05, 0) is 44.0 Å². The summed E-state index contributed by atoms with van der Waals surface area (Å²) in [4.78, 5) is 3.29. The maximum atomic E-state index is 3.29. The number of rotatable bonds is 1. The molecule has 0 saturated carbocycles. The third-order valence-corrected chi connectivity index (χ3v) is 2.51. The van der Waals surface area contributed by atoms with Gasteiger partial charge in [0.25, 0.3) is 0 Å². The van der Waals surface area contributed by atoms with Crippen LogP contribution in [0.1, 0.15) is 16.7 Å². The normalized spacial score (nSPS) is 10.5. The minimum absolute atomic E-state index is 1.21. The first-order chi connectivity index (χ1) is 6.66. The van der Waals surface area contributed by atoms with Crippen LogP contribution in [0.2, 0.25) is 0 Å². The van der Waals surface area contributed by atoms with Gasteiger partial charge in [0.1, 0.15) is 0 Å². The average molecular weight is 185 g/mol. The summed E-state index contributed by atoms with van der Waals surface area (Å²) in [7, 11) is 0. The van der Waals surface area contributed by atoms with Crippen molar-refractivity contribution in [2.45, 2.75) is 20.8 Å². The molecular formula is C13H15N. The lowest BCUT2D eigenvalue weighted by Crippen LogP contribution is -1.84. The van der Waals surface area contributed by atoms with Crippen molar-refractivity contribution < 1.29 is 0 Å². The quantitative estimate of drug-likeness (QED) is 0.698. The van der Waals surface area contributed by atoms with E-state index in [1.54, 1.807) is 0 Å². The van der Waals surface area contributed by atoms with E-state index in [2.05, 4.69) is 50.0 Å². The van der Waals surface area contributed by atoms with Crippen LogP contribution in [0, 0.1) is 20.8 Å². The van der Waals surface area contributed by atoms with Gasteiger partial charge in [0.15, 0.2) is 0 Å². The Labute approximate surface area is 84.8 Å². The van der Waals surface area contributed by atoms with Gasteiger partial charge in [0.05, 0.1) is 0 Å². The first-order valence-corrected chi connectivity index (χ1v) is 4.89. The van der Waals surface area contributed by atoms with Crippen LogP contribution in [0.4, 0.5) is 0 Å². The van der Waals surface area contributed by atoms with Crippen molar-refractivity contribution in [2.24, 2.45) is 0 Å². The van der Waals surface area contributed by atoms with E-state index in [0.717, 1.165) is 0 Å². The molecule has 0 aliphatic carbocycles. The number of hydrogen-bond donors (Lipinski definition) is 1. The minimum Gasteiger partial charge on any atom is -0.361 e. The van der Waals surface area contributed by atoms with Gasteiger partial charge in [0.2, 0.25) is 0 Å². The smallest absolute Gasteiger partial charge is 0.0459 e. The molecule has 0 aliphatic heterocycles. The number of H-pyrrole nitrogens is 1. The topological polar surface area (TPSA) is 15.8 Å². The molecule has 1 heterocycles. The zero-order chi connectivity index (χ0) is 10.1. The highest BCUT2D eigenvalue weighted by molar-refractivity contribution is 5.65. The minimum atomic E-state index is 1.21. The summed E-state index contributed by atoms with van der Waals surface area (Å²) in [6.45, 7) is 6.37. The van der Waals surface area contributed by atoms with Crippen LogP contribution in [0.25, 0.3) is 11.3 Å². The predicted octanol–water partition coefficient (Wildman–Crippen LogP) is 3.61. The van der Waals surface area contributed by atoms with Crippen molar-refractivity contribution in [3.05, 3.63) is 47.2 Å². The molecule has 2 aromatic rings. The van der Waals surface area contributed by atoms with Crippen molar-refractivity contribution in [3.63, 3.8) is 0 Å². The van der Waals surface area contributed by atoms with Crippen LogP contribution >= 0.6 is 0 Å². The Morgan fingerprint density at radius 3 is 2.36 bits per heavy atom. The second-order valence-electron chi connectivity index (χ2n) is 3.91. The van der Waals surface area contributed by atoms with Crippen LogP contribution < -0.4 is 0 Å². The van der Waals surface area contributed by atoms with Gasteiger partial charge in [-0.2, -0.15) is 0 Å². The predicted molar refractivity (Wildman–Crippen MR) is 60.4 cm³/mol. The zero-order valence-corrected chi connectivity index (χ0v) is 8.89. The molecule has 0 radical (unpaired) electrons. The Morgan fingerprint density at radius 1 is 0.929 bits per heavy atom. The van der Waals surface area contributed by atoms with Gasteiger partial charge < -0.3 is 4.98 Å². The van der Waals surface area contributed by atoms with E-state index in [1.165, 1.54) is 27.9 Å². The molecule has 0 fully saturated rings. The van der Waals surface area contributed by atoms with Gasteiger partial charge in [-0.3, -0.25) is 0 Å². The fourth-order valence-electron chi connectivity index (χ4n) is 1.68. The number of aromatic nitrogens is 1. The lowest BCUT2D eigenvalue weighted by molar-refractivity contribution is 1.33. The summed E-state index contributed by atoms with van der Waals surface area (Å²) in [6.07, 6.45) is 2.04. The van der Waals surface area contributed by atoms with Crippen molar-refractivity contribution in [1.29, 1.82) is 0 Å². The SMILES string of the molecule is Cc1c[nH]c(-c2cc(C)ccc2C)c1. The Hall–Kier alpha value is -1.50. The molecule has 0 unspecified atom stereocenters. The highest BCUT2D eigenvalue weighted by atomic mass is 14.7. The van der Waals surface area contributed by atoms with E-state index >= 15 is 0 Å². The molecule has 1 N–H and O–H groups in total. The molecule has 0 atom stereocenters. The van der Waals surface area contributed by atoms with E-state index < -0.39 is 0 Å². The molecule has 1 aromatic heterocycles. The molecule has 0 aliphatic rings. The second-order valence-corrected chi connectivity index (χ2v) is 3.91. The van der Waals surface area contributed by atoms with Crippen molar-refractivity contribution in [3.8, 4) is 11.3 Å². The number of hydrogen-bond acceptors (Lipinski definition) is 0. The zero-order valence-electron chi connectivity index (χ0n) is 8.89. The van der Waals surface area contributed by atoms with Crippen LogP contribution in [0.15, 0.2) is 30.5 Å². The molecular weight excluding hydrogens is 170 g/mol. The Kier molecular flexibility index (Phi) is 2.16. The molecule has 0 bridgehead atoms. The molecule has 0 amide bonds. The summed E-state index contributed by atoms with van der Waals surface area (Å²) >= 11 is 0. The van der Waals surface area contributed by atoms with Crippen molar-refractivity contribution >= 4 is 0 Å². The van der Waals surface area contributed by atoms with Gasteiger partial charge >= 0.3 is 0 Å². The molecule has 14 heavy (non-hydrogen) atoms. The van der Waals surface area contributed by atoms with Gasteiger partial charge in [-0.15, -0.1) is 0 Å². The van der Waals surface area contributed by atoms with Crippen LogP contribution in [-0.4, -0.2) is 4.98 Å². The van der Waals surface area contributed by atoms with Crippen LogP contribution in [-0.2, 0) is 0 Å². The summed E-state index contributed by atoms with van der Waals surface area (Å²) in [5.41, 5.74) is 6.41. The van der Waals surface area contributed by atoms with Crippen LogP contribution in [0.5, 0.6) is 0 Å². The fourth-order valence-corrected chi connectivity index (χ4v) is 1.68. The molecule has 2 rings (SSSR count). The van der Waals surface area contributed by atoms with Crippen molar-refractivity contribution in [1.82, 2.24) is 4.98 Å². The Morgan fingerprint density at radius 2 is 1.71 bits per heavy atom. The lowest BCUT2D eigenvalue weighted by Gasteiger charge is -2.04. The molecule has 72 valence electrons. The molecule has 1 nitrogen and oxygen atoms in total. The third-order valence-electron chi connectivity index (χ3n) is 2.51. The highest BCUT2D eigenvalue weighted by Crippen LogP contribution is 2.23. The van der Waals surface area contributed by atoms with Gasteiger partial charge in [-0.1, -0.05) is 17.7 Å². The van der Waals surface area contributed by atoms with Gasteiger partial charge in [-0.25, -0.2) is 0 Å². The first kappa shape index (κ1) is 9.07. The molecule has 0 spiro atoms. The van der Waals surface area contributed by atoms with E-state index in [9.17, 15) is 0 Å². The number of aromatic amines is 1. The van der Waals surface area contributed by atoms with E-state index in [1.807, 2.05) is 6.20 Å². The van der Waals surface area contributed by atoms with E-state index in [4.69, 9.17) is 0 Å². The third kappa shape index (κ3) is 1.58. The Balaban J connectivity index is 2.55. The molecule has 0 saturated heterocycles. The molecule has 1 aromatic carbocycles. The summed E-state index contributed by atoms with van der Waals surface area (Å²) in [5.74, 6) is 0. The lowest BCUT2D eigenvalue weighted by atomic mass is 10.0. The number of aryl methyl sites for hydroxylation is 3. The summed E-state index contributed by atoms with van der Waals surface area (Å²) in [5, 5.41) is 0. The fraction of sp³-hybridized carbons (Fsp3) is 0.231. The first-order valence-electron chi connectivity index (χ1n) is 4.89. The maximum absolute atomic E-state index is 3.29. The van der Waals surface area contributed by atoms with E-state index in [-0.39, 0.29) is 0 Å². The average Bonchev–Trinajstić information content (AvgIpc) is 2.56. The van der Waals surface area contributed by atoms with Gasteiger partial charge in [0, 0.05) is 17.5 Å². The highest BCUT2D eigenvalue weighted by Gasteiger charge is 2.03. The Bertz CT molecular complexity index is 452. The largest absolute Gasteiger partial charge is 0.361 e. The van der Waals surface area contributed by atoms with E-state index in [0.29, 0.717) is 0 Å². The number of nitrogens with one attached hydrogen (secondary N) is 1. The summed E-state index contributed by atoms with van der Waals surface area (Å²) < 4.78 is 0. The molecule has 1 heteroatoms. The summed E-state index contributed by atoms with van der Waals surface area (Å²) in [6, 6.07) is 8.72. The monoisotopic (exact) mass is 185 g/mol. The maximum Gasteiger partial charge on any atom is 0.0459 e. The van der Waals surface area contributed by atoms with Crippen LogP contribution in [0.3, 0.4) is 0 Å². The standard InChI is InChI=1S/C13H15N/c1-9-4-5-11(3)12(6-9)13-7-10(2)8-14-13/h4-8,14H,1-3H3. The van der Waals surface area contributed by atoms with Crippen molar-refractivity contribution in [2.75, 3.05) is 0 Å². The number of benzene rings is 1. The second kappa shape index (κ2) is 3.33.